The number of hydrogen-bond acceptors (Lipinski definition) is 2. The maximum Gasteiger partial charge on any atom is 0.232 e. The Balaban J connectivity index is 2.13. The highest BCUT2D eigenvalue weighted by molar-refractivity contribution is 6.00. The van der Waals surface area contributed by atoms with Crippen LogP contribution in [0.1, 0.15) is 32.1 Å². The molecule has 2 amide bonds. The predicted octanol–water partition coefficient (Wildman–Crippen LogP) is 0.593. The molecule has 1 saturated heterocycles. The van der Waals surface area contributed by atoms with E-state index in [-0.39, 0.29) is 17.2 Å². The van der Waals surface area contributed by atoms with Gasteiger partial charge in [-0.1, -0.05) is 6.42 Å². The van der Waals surface area contributed by atoms with Crippen LogP contribution in [0.5, 0.6) is 0 Å². The Morgan fingerprint density at radius 2 is 1.91 bits per heavy atom. The lowest BCUT2D eigenvalue weighted by Gasteiger charge is -2.42. The van der Waals surface area contributed by atoms with Gasteiger partial charge in [0, 0.05) is 6.42 Å². The summed E-state index contributed by atoms with van der Waals surface area (Å²) in [5, 5.41) is 2.39. The third-order valence-corrected chi connectivity index (χ3v) is 2.88. The van der Waals surface area contributed by atoms with Gasteiger partial charge in [0.05, 0.1) is 5.41 Å². The number of rotatable bonds is 0. The molecule has 0 unspecified atom stereocenters. The SMILES string of the molecule is O=C1CCC2(CCC2)C(=O)N1. The molecule has 0 aromatic heterocycles. The summed E-state index contributed by atoms with van der Waals surface area (Å²) in [5.74, 6) is -0.132. The summed E-state index contributed by atoms with van der Waals surface area (Å²) in [6.45, 7) is 0. The van der Waals surface area contributed by atoms with Crippen LogP contribution in [0.2, 0.25) is 0 Å². The average Bonchev–Trinajstić information content (AvgIpc) is 1.84. The Hall–Kier alpha value is -0.860. The van der Waals surface area contributed by atoms with Gasteiger partial charge in [-0.3, -0.25) is 14.9 Å². The van der Waals surface area contributed by atoms with Gasteiger partial charge in [0.15, 0.2) is 0 Å². The minimum absolute atomic E-state index is 0.0278. The van der Waals surface area contributed by atoms with Crippen LogP contribution < -0.4 is 5.32 Å². The van der Waals surface area contributed by atoms with Gasteiger partial charge in [-0.15, -0.1) is 0 Å². The Kier molecular flexibility index (Phi) is 1.28. The van der Waals surface area contributed by atoms with Crippen molar-refractivity contribution in [1.82, 2.24) is 5.32 Å². The second-order valence-corrected chi connectivity index (χ2v) is 3.51. The van der Waals surface area contributed by atoms with E-state index in [1.54, 1.807) is 0 Å². The lowest BCUT2D eigenvalue weighted by Crippen LogP contribution is -2.52. The lowest BCUT2D eigenvalue weighted by atomic mass is 9.64. The number of imide groups is 1. The second kappa shape index (κ2) is 2.06. The minimum atomic E-state index is -0.131. The molecule has 60 valence electrons. The van der Waals surface area contributed by atoms with Gasteiger partial charge < -0.3 is 0 Å². The molecule has 0 bridgehead atoms. The first-order chi connectivity index (χ1) is 5.23. The van der Waals surface area contributed by atoms with Crippen LogP contribution in [-0.4, -0.2) is 11.8 Å². The zero-order valence-electron chi connectivity index (χ0n) is 6.35. The maximum atomic E-state index is 11.3. The number of amides is 2. The molecule has 0 radical (unpaired) electrons. The summed E-state index contributed by atoms with van der Waals surface area (Å²) >= 11 is 0. The van der Waals surface area contributed by atoms with Gasteiger partial charge in [0.1, 0.15) is 0 Å². The molecule has 1 spiro atoms. The lowest BCUT2D eigenvalue weighted by molar-refractivity contribution is -0.146. The first kappa shape index (κ1) is 6.83. The number of carbonyl (C=O) groups is 2. The fourth-order valence-corrected chi connectivity index (χ4v) is 1.87. The van der Waals surface area contributed by atoms with E-state index >= 15 is 0 Å². The van der Waals surface area contributed by atoms with E-state index < -0.39 is 0 Å². The monoisotopic (exact) mass is 153 g/mol. The van der Waals surface area contributed by atoms with E-state index in [4.69, 9.17) is 0 Å². The van der Waals surface area contributed by atoms with E-state index in [1.165, 1.54) is 0 Å². The van der Waals surface area contributed by atoms with Crippen molar-refractivity contribution >= 4 is 11.8 Å². The van der Waals surface area contributed by atoms with Crippen LogP contribution >= 0.6 is 0 Å². The molecule has 0 aromatic carbocycles. The molecule has 3 heteroatoms. The standard InChI is InChI=1S/C8H11NO2/c10-6-2-5-8(3-1-4-8)7(11)9-6/h1-5H2,(H,9,10,11). The first-order valence-electron chi connectivity index (χ1n) is 4.07. The Bertz CT molecular complexity index is 218. The van der Waals surface area contributed by atoms with Crippen molar-refractivity contribution in [3.63, 3.8) is 0 Å². The summed E-state index contributed by atoms with van der Waals surface area (Å²) in [6, 6.07) is 0. The summed E-state index contributed by atoms with van der Waals surface area (Å²) in [6.07, 6.45) is 4.41. The van der Waals surface area contributed by atoms with Crippen LogP contribution in [0.3, 0.4) is 0 Å². The van der Waals surface area contributed by atoms with Crippen molar-refractivity contribution in [3.05, 3.63) is 0 Å². The van der Waals surface area contributed by atoms with Crippen LogP contribution in [0, 0.1) is 5.41 Å². The third kappa shape index (κ3) is 0.870. The second-order valence-electron chi connectivity index (χ2n) is 3.51. The molecule has 11 heavy (non-hydrogen) atoms. The van der Waals surface area contributed by atoms with E-state index in [0.29, 0.717) is 6.42 Å². The normalized spacial score (nSPS) is 28.0. The van der Waals surface area contributed by atoms with Gasteiger partial charge in [-0.25, -0.2) is 0 Å². The fourth-order valence-electron chi connectivity index (χ4n) is 1.87. The van der Waals surface area contributed by atoms with Crippen molar-refractivity contribution < 1.29 is 9.59 Å². The minimum Gasteiger partial charge on any atom is -0.296 e. The molecule has 1 N–H and O–H groups in total. The van der Waals surface area contributed by atoms with Crippen molar-refractivity contribution in [2.24, 2.45) is 5.41 Å². The van der Waals surface area contributed by atoms with Gasteiger partial charge >= 0.3 is 0 Å². The molecule has 1 heterocycles. The smallest absolute Gasteiger partial charge is 0.232 e. The third-order valence-electron chi connectivity index (χ3n) is 2.88. The largest absolute Gasteiger partial charge is 0.296 e. The Labute approximate surface area is 65.2 Å². The van der Waals surface area contributed by atoms with Gasteiger partial charge in [0.25, 0.3) is 0 Å². The molecule has 1 aliphatic carbocycles. The molecule has 2 rings (SSSR count). The van der Waals surface area contributed by atoms with E-state index in [0.717, 1.165) is 25.7 Å². The van der Waals surface area contributed by atoms with Crippen LogP contribution in [0.15, 0.2) is 0 Å². The van der Waals surface area contributed by atoms with Crippen molar-refractivity contribution in [2.45, 2.75) is 32.1 Å². The predicted molar refractivity (Wildman–Crippen MR) is 38.7 cm³/mol. The fraction of sp³-hybridized carbons (Fsp3) is 0.750. The molecule has 1 aliphatic heterocycles. The van der Waals surface area contributed by atoms with Crippen molar-refractivity contribution in [2.75, 3.05) is 0 Å². The number of nitrogens with one attached hydrogen (secondary N) is 1. The number of piperidine rings is 1. The summed E-state index contributed by atoms with van der Waals surface area (Å²) < 4.78 is 0. The first-order valence-corrected chi connectivity index (χ1v) is 4.07. The quantitative estimate of drug-likeness (QED) is 0.518. The highest BCUT2D eigenvalue weighted by Crippen LogP contribution is 2.46. The highest BCUT2D eigenvalue weighted by atomic mass is 16.2. The molecular weight excluding hydrogens is 142 g/mol. The van der Waals surface area contributed by atoms with Gasteiger partial charge in [0.2, 0.25) is 11.8 Å². The van der Waals surface area contributed by atoms with Crippen LogP contribution in [0.4, 0.5) is 0 Å². The topological polar surface area (TPSA) is 46.2 Å². The zero-order valence-corrected chi connectivity index (χ0v) is 6.35. The zero-order chi connectivity index (χ0) is 7.90. The molecular formula is C8H11NO2. The molecule has 3 nitrogen and oxygen atoms in total. The molecule has 0 atom stereocenters. The average molecular weight is 153 g/mol. The Morgan fingerprint density at radius 1 is 1.18 bits per heavy atom. The van der Waals surface area contributed by atoms with Gasteiger partial charge in [-0.2, -0.15) is 0 Å². The molecule has 1 saturated carbocycles. The van der Waals surface area contributed by atoms with Crippen molar-refractivity contribution in [1.29, 1.82) is 0 Å². The maximum absolute atomic E-state index is 11.3. The number of carbonyl (C=O) groups excluding carboxylic acids is 2. The Morgan fingerprint density at radius 3 is 2.36 bits per heavy atom. The molecule has 2 fully saturated rings. The van der Waals surface area contributed by atoms with E-state index in [1.807, 2.05) is 0 Å². The van der Waals surface area contributed by atoms with E-state index in [9.17, 15) is 9.59 Å². The van der Waals surface area contributed by atoms with Gasteiger partial charge in [-0.05, 0) is 19.3 Å². The summed E-state index contributed by atoms with van der Waals surface area (Å²) in [5.41, 5.74) is -0.131. The molecule has 2 aliphatic rings. The number of hydrogen-bond donors (Lipinski definition) is 1. The summed E-state index contributed by atoms with van der Waals surface area (Å²) in [4.78, 5) is 22.0. The van der Waals surface area contributed by atoms with Crippen molar-refractivity contribution in [3.8, 4) is 0 Å². The van der Waals surface area contributed by atoms with Crippen LogP contribution in [0.25, 0.3) is 0 Å². The van der Waals surface area contributed by atoms with E-state index in [2.05, 4.69) is 5.32 Å². The molecule has 0 aromatic rings. The van der Waals surface area contributed by atoms with Crippen LogP contribution in [-0.2, 0) is 9.59 Å². The highest BCUT2D eigenvalue weighted by Gasteiger charge is 2.46. The summed E-state index contributed by atoms with van der Waals surface area (Å²) in [7, 11) is 0.